The number of amides is 2. The Kier molecular flexibility index (Phi) is 8.54. The van der Waals surface area contributed by atoms with E-state index in [4.69, 9.17) is 14.7 Å². The number of nitrogens with zero attached hydrogens (tertiary/aromatic N) is 1. The van der Waals surface area contributed by atoms with Crippen LogP contribution in [0.5, 0.6) is 11.5 Å². The second-order valence-electron chi connectivity index (χ2n) is 8.54. The van der Waals surface area contributed by atoms with E-state index < -0.39 is 22.8 Å². The molecule has 1 atom stereocenters. The molecule has 0 saturated heterocycles. The Morgan fingerprint density at radius 1 is 1.10 bits per heavy atom. The van der Waals surface area contributed by atoms with Crippen molar-refractivity contribution < 1.29 is 29.2 Å². The van der Waals surface area contributed by atoms with Gasteiger partial charge in [0, 0.05) is 29.2 Å². The zero-order valence-electron chi connectivity index (χ0n) is 20.9. The molecule has 0 bridgehead atoms. The van der Waals surface area contributed by atoms with Crippen molar-refractivity contribution >= 4 is 34.5 Å². The maximum absolute atomic E-state index is 13.1. The largest absolute Gasteiger partial charge is 0.493 e. The number of aromatic amines is 1. The van der Waals surface area contributed by atoms with Crippen LogP contribution in [0.15, 0.2) is 79.0 Å². The number of benzene rings is 3. The van der Waals surface area contributed by atoms with Crippen molar-refractivity contribution in [3.05, 3.63) is 106 Å². The quantitative estimate of drug-likeness (QED) is 0.0987. The molecule has 3 aromatic carbocycles. The molecule has 0 aliphatic heterocycles. The second kappa shape index (κ2) is 12.4. The van der Waals surface area contributed by atoms with Crippen LogP contribution in [-0.4, -0.2) is 46.7 Å². The van der Waals surface area contributed by atoms with Crippen molar-refractivity contribution in [1.29, 1.82) is 0 Å². The van der Waals surface area contributed by atoms with Gasteiger partial charge in [0.25, 0.3) is 17.5 Å². The summed E-state index contributed by atoms with van der Waals surface area (Å²) in [5.74, 6) is -0.489. The summed E-state index contributed by atoms with van der Waals surface area (Å²) in [6.07, 6.45) is 4.89. The summed E-state index contributed by atoms with van der Waals surface area (Å²) in [7, 11) is 1.47. The van der Waals surface area contributed by atoms with Gasteiger partial charge < -0.3 is 19.8 Å². The van der Waals surface area contributed by atoms with E-state index in [0.29, 0.717) is 23.5 Å². The molecule has 0 aliphatic carbocycles. The fourth-order valence-corrected chi connectivity index (χ4v) is 4.11. The van der Waals surface area contributed by atoms with Gasteiger partial charge >= 0.3 is 0 Å². The summed E-state index contributed by atoms with van der Waals surface area (Å²) in [5, 5.41) is 24.0. The summed E-state index contributed by atoms with van der Waals surface area (Å²) >= 11 is 0. The number of aromatic nitrogens is 1. The average Bonchev–Trinajstić information content (AvgIpc) is 3.37. The van der Waals surface area contributed by atoms with E-state index in [2.05, 4.69) is 10.3 Å². The van der Waals surface area contributed by atoms with Crippen molar-refractivity contribution in [2.45, 2.75) is 12.5 Å². The van der Waals surface area contributed by atoms with Crippen LogP contribution in [-0.2, 0) is 11.2 Å². The first kappa shape index (κ1) is 26.9. The Morgan fingerprint density at radius 3 is 2.64 bits per heavy atom. The number of methoxy groups -OCH3 is 1. The van der Waals surface area contributed by atoms with Crippen molar-refractivity contribution in [3.8, 4) is 11.5 Å². The topological polar surface area (TPSA) is 156 Å². The third-order valence-electron chi connectivity index (χ3n) is 5.99. The van der Waals surface area contributed by atoms with E-state index in [-0.39, 0.29) is 17.9 Å². The van der Waals surface area contributed by atoms with E-state index in [9.17, 15) is 19.7 Å². The molecule has 4 N–H and O–H groups in total. The fraction of sp³-hybridized carbons (Fsp3) is 0.143. The lowest BCUT2D eigenvalue weighted by Crippen LogP contribution is -2.41. The molecule has 200 valence electrons. The van der Waals surface area contributed by atoms with Crippen LogP contribution in [0.4, 0.5) is 5.69 Å². The van der Waals surface area contributed by atoms with Crippen molar-refractivity contribution in [2.24, 2.45) is 0 Å². The molecular weight excluding hydrogens is 504 g/mol. The normalized spacial score (nSPS) is 11.7. The lowest BCUT2D eigenvalue weighted by atomic mass is 10.0. The van der Waals surface area contributed by atoms with Crippen LogP contribution >= 0.6 is 0 Å². The number of H-pyrrole nitrogens is 1. The molecule has 1 heterocycles. The zero-order chi connectivity index (χ0) is 27.8. The highest BCUT2D eigenvalue weighted by Crippen LogP contribution is 2.29. The first-order valence-corrected chi connectivity index (χ1v) is 11.9. The summed E-state index contributed by atoms with van der Waals surface area (Å²) in [5.41, 5.74) is 3.69. The molecule has 4 rings (SSSR count). The van der Waals surface area contributed by atoms with E-state index in [1.54, 1.807) is 24.3 Å². The number of hydrogen-bond donors (Lipinski definition) is 4. The average molecular weight is 531 g/mol. The van der Waals surface area contributed by atoms with Crippen LogP contribution in [0.25, 0.3) is 17.0 Å². The zero-order valence-corrected chi connectivity index (χ0v) is 20.9. The van der Waals surface area contributed by atoms with E-state index in [1.807, 2.05) is 30.5 Å². The van der Waals surface area contributed by atoms with Crippen LogP contribution in [0.3, 0.4) is 0 Å². The number of carbonyl (C=O) groups excluding carboxylic acids is 2. The number of fused-ring (bicyclic) bond motifs is 1. The maximum Gasteiger partial charge on any atom is 0.282 e. The Labute approximate surface area is 223 Å². The van der Waals surface area contributed by atoms with Gasteiger partial charge in [-0.25, -0.2) is 5.48 Å². The molecule has 0 unspecified atom stereocenters. The molecule has 4 aromatic rings. The number of nitro groups is 1. The number of rotatable bonds is 11. The first-order valence-electron chi connectivity index (χ1n) is 11.9. The highest BCUT2D eigenvalue weighted by Gasteiger charge is 2.23. The highest BCUT2D eigenvalue weighted by atomic mass is 16.6. The minimum Gasteiger partial charge on any atom is -0.493 e. The van der Waals surface area contributed by atoms with Gasteiger partial charge in [0.15, 0.2) is 11.5 Å². The molecule has 0 saturated carbocycles. The van der Waals surface area contributed by atoms with Crippen LogP contribution in [0, 0.1) is 10.1 Å². The van der Waals surface area contributed by atoms with Crippen LogP contribution < -0.4 is 20.3 Å². The number of nitro benzene ring substituents is 1. The van der Waals surface area contributed by atoms with Crippen molar-refractivity contribution in [2.75, 3.05) is 13.7 Å². The van der Waals surface area contributed by atoms with Crippen LogP contribution in [0.2, 0.25) is 0 Å². The van der Waals surface area contributed by atoms with E-state index in [1.165, 1.54) is 36.9 Å². The van der Waals surface area contributed by atoms with Crippen molar-refractivity contribution in [3.63, 3.8) is 0 Å². The number of para-hydroxylation sites is 2. The minimum atomic E-state index is -0.677. The van der Waals surface area contributed by atoms with Gasteiger partial charge in [-0.1, -0.05) is 36.4 Å². The molecule has 0 spiro atoms. The number of ether oxygens (including phenoxy) is 2. The maximum atomic E-state index is 13.1. The van der Waals surface area contributed by atoms with Gasteiger partial charge in [0.2, 0.25) is 0 Å². The van der Waals surface area contributed by atoms with Gasteiger partial charge in [-0.05, 0) is 47.9 Å². The van der Waals surface area contributed by atoms with Gasteiger partial charge in [0.05, 0.1) is 18.1 Å². The van der Waals surface area contributed by atoms with Crippen molar-refractivity contribution in [1.82, 2.24) is 15.8 Å². The summed E-state index contributed by atoms with van der Waals surface area (Å²) in [4.78, 5) is 38.5. The molecule has 2 amide bonds. The van der Waals surface area contributed by atoms with Gasteiger partial charge in [0.1, 0.15) is 12.2 Å². The molecule has 39 heavy (non-hydrogen) atoms. The third-order valence-corrected chi connectivity index (χ3v) is 5.99. The van der Waals surface area contributed by atoms with Gasteiger partial charge in [-0.2, -0.15) is 0 Å². The molecule has 0 aliphatic rings. The highest BCUT2D eigenvalue weighted by molar-refractivity contribution is 5.98. The number of carbonyl (C=O) groups is 2. The number of hydrogen-bond acceptors (Lipinski definition) is 7. The summed E-state index contributed by atoms with van der Waals surface area (Å²) < 4.78 is 11.5. The third kappa shape index (κ3) is 6.59. The van der Waals surface area contributed by atoms with Gasteiger partial charge in [-0.15, -0.1) is 0 Å². The SMILES string of the molecule is COc1cc(/C=C/C(=O)NO)ccc1OC[C@H](Cc1c[nH]c2ccccc12)NC(=O)c1ccccc1[N+](=O)[O-]. The first-order chi connectivity index (χ1) is 18.9. The molecule has 0 radical (unpaired) electrons. The Bertz CT molecular complexity index is 1530. The molecular formula is C28H26N4O7. The Hall–Kier alpha value is -5.16. The molecule has 1 aromatic heterocycles. The predicted octanol–water partition coefficient (Wildman–Crippen LogP) is 4.02. The standard InChI is InChI=1S/C28H26N4O7/c1-38-26-14-18(11-13-27(33)31-35)10-12-25(26)39-17-20(15-19-16-29-23-8-4-2-6-21(19)23)30-28(34)22-7-3-5-9-24(22)32(36)37/h2-14,16,20,29,35H,15,17H2,1H3,(H,30,34)(H,31,33)/b13-11+/t20-/m0/s1. The number of hydroxylamine groups is 1. The fourth-order valence-electron chi connectivity index (χ4n) is 4.11. The Morgan fingerprint density at radius 2 is 1.87 bits per heavy atom. The van der Waals surface area contributed by atoms with Crippen LogP contribution in [0.1, 0.15) is 21.5 Å². The monoisotopic (exact) mass is 530 g/mol. The molecule has 0 fully saturated rings. The Balaban J connectivity index is 1.57. The van der Waals surface area contributed by atoms with Gasteiger partial charge in [-0.3, -0.25) is 24.9 Å². The lowest BCUT2D eigenvalue weighted by molar-refractivity contribution is -0.385. The predicted molar refractivity (Wildman–Crippen MR) is 144 cm³/mol. The van der Waals surface area contributed by atoms with E-state index in [0.717, 1.165) is 22.5 Å². The second-order valence-corrected chi connectivity index (χ2v) is 8.54. The summed E-state index contributed by atoms with van der Waals surface area (Å²) in [6.45, 7) is 0.0321. The lowest BCUT2D eigenvalue weighted by Gasteiger charge is -2.20. The van der Waals surface area contributed by atoms with E-state index >= 15 is 0 Å². The molecule has 11 nitrogen and oxygen atoms in total. The smallest absolute Gasteiger partial charge is 0.282 e. The minimum absolute atomic E-state index is 0.0321. The molecule has 11 heteroatoms. The number of nitrogens with one attached hydrogen (secondary N) is 3. The summed E-state index contributed by atoms with van der Waals surface area (Å²) in [6, 6.07) is 17.9.